The largest absolute Gasteiger partial charge is 0.481 e. The van der Waals surface area contributed by atoms with Crippen molar-refractivity contribution in [1.82, 2.24) is 0 Å². The van der Waals surface area contributed by atoms with Crippen LogP contribution in [0.5, 0.6) is 5.75 Å². The van der Waals surface area contributed by atoms with Crippen LogP contribution in [-0.4, -0.2) is 12.0 Å². The molecule has 2 aromatic carbocycles. The van der Waals surface area contributed by atoms with Crippen molar-refractivity contribution in [2.24, 2.45) is 0 Å². The Bertz CT molecular complexity index is 707. The van der Waals surface area contributed by atoms with Gasteiger partial charge in [0.05, 0.1) is 10.0 Å². The van der Waals surface area contributed by atoms with Crippen molar-refractivity contribution in [3.63, 3.8) is 0 Å². The van der Waals surface area contributed by atoms with Crippen LogP contribution < -0.4 is 10.1 Å². The molecule has 0 fully saturated rings. The molecule has 2 aromatic rings. The van der Waals surface area contributed by atoms with Gasteiger partial charge in [-0.25, -0.2) is 4.39 Å². The molecule has 1 amide bonds. The molecule has 6 heteroatoms. The molecule has 3 nitrogen and oxygen atoms in total. The minimum absolute atomic E-state index is 0.341. The predicted molar refractivity (Wildman–Crippen MR) is 86.3 cm³/mol. The van der Waals surface area contributed by atoms with Crippen molar-refractivity contribution in [1.29, 1.82) is 0 Å². The lowest BCUT2D eigenvalue weighted by molar-refractivity contribution is -0.122. The van der Waals surface area contributed by atoms with Crippen LogP contribution in [0.1, 0.15) is 12.5 Å². The highest BCUT2D eigenvalue weighted by molar-refractivity contribution is 6.42. The topological polar surface area (TPSA) is 38.3 Å². The van der Waals surface area contributed by atoms with Gasteiger partial charge in [-0.3, -0.25) is 4.79 Å². The van der Waals surface area contributed by atoms with Gasteiger partial charge in [0.2, 0.25) is 0 Å². The lowest BCUT2D eigenvalue weighted by Crippen LogP contribution is -2.30. The third-order valence-electron chi connectivity index (χ3n) is 3.03. The molecule has 0 radical (unpaired) electrons. The van der Waals surface area contributed by atoms with E-state index in [1.807, 2.05) is 0 Å². The fraction of sp³-hybridized carbons (Fsp3) is 0.188. The number of hydrogen-bond acceptors (Lipinski definition) is 2. The van der Waals surface area contributed by atoms with Crippen molar-refractivity contribution in [2.45, 2.75) is 20.0 Å². The Labute approximate surface area is 138 Å². The summed E-state index contributed by atoms with van der Waals surface area (Å²) in [6.45, 7) is 3.37. The highest BCUT2D eigenvalue weighted by Crippen LogP contribution is 2.27. The standard InChI is InChI=1S/C16H14Cl2FNO2/c1-9-3-4-11(19)7-15(9)20-16(21)10(2)22-12-5-6-13(17)14(18)8-12/h3-8,10H,1-2H3,(H,20,21). The van der Waals surface area contributed by atoms with E-state index in [1.165, 1.54) is 18.2 Å². The van der Waals surface area contributed by atoms with Crippen LogP contribution in [0.25, 0.3) is 0 Å². The zero-order valence-corrected chi connectivity index (χ0v) is 13.5. The number of aryl methyl sites for hydroxylation is 1. The average Bonchev–Trinajstić information content (AvgIpc) is 2.46. The highest BCUT2D eigenvalue weighted by atomic mass is 35.5. The van der Waals surface area contributed by atoms with Crippen molar-refractivity contribution >= 4 is 34.8 Å². The highest BCUT2D eigenvalue weighted by Gasteiger charge is 2.16. The van der Waals surface area contributed by atoms with Gasteiger partial charge in [-0.1, -0.05) is 29.3 Å². The number of carbonyl (C=O) groups is 1. The Hall–Kier alpha value is -1.78. The Balaban J connectivity index is 2.05. The zero-order chi connectivity index (χ0) is 16.3. The van der Waals surface area contributed by atoms with Crippen LogP contribution in [0.4, 0.5) is 10.1 Å². The van der Waals surface area contributed by atoms with Crippen LogP contribution in [0, 0.1) is 12.7 Å². The summed E-state index contributed by atoms with van der Waals surface area (Å²) >= 11 is 11.7. The van der Waals surface area contributed by atoms with E-state index >= 15 is 0 Å². The van der Waals surface area contributed by atoms with E-state index in [2.05, 4.69) is 5.32 Å². The molecule has 0 bridgehead atoms. The first-order chi connectivity index (χ1) is 10.4. The van der Waals surface area contributed by atoms with E-state index in [4.69, 9.17) is 27.9 Å². The maximum atomic E-state index is 13.2. The Kier molecular flexibility index (Phi) is 5.27. The minimum Gasteiger partial charge on any atom is -0.481 e. The summed E-state index contributed by atoms with van der Waals surface area (Å²) in [5.41, 5.74) is 1.17. The second kappa shape index (κ2) is 6.99. The molecular weight excluding hydrogens is 328 g/mol. The van der Waals surface area contributed by atoms with Gasteiger partial charge in [0.25, 0.3) is 5.91 Å². The number of rotatable bonds is 4. The van der Waals surface area contributed by atoms with Crippen LogP contribution in [0.2, 0.25) is 10.0 Å². The summed E-state index contributed by atoms with van der Waals surface area (Å²) in [5.74, 6) is -0.383. The summed E-state index contributed by atoms with van der Waals surface area (Å²) in [4.78, 5) is 12.1. The molecule has 2 rings (SSSR count). The molecule has 1 atom stereocenters. The van der Waals surface area contributed by atoms with Gasteiger partial charge in [0.15, 0.2) is 6.10 Å². The van der Waals surface area contributed by atoms with E-state index in [9.17, 15) is 9.18 Å². The van der Waals surface area contributed by atoms with E-state index in [0.29, 0.717) is 21.5 Å². The smallest absolute Gasteiger partial charge is 0.265 e. The quantitative estimate of drug-likeness (QED) is 0.863. The third-order valence-corrected chi connectivity index (χ3v) is 3.77. The zero-order valence-electron chi connectivity index (χ0n) is 12.0. The van der Waals surface area contributed by atoms with Crippen molar-refractivity contribution in [3.8, 4) is 5.75 Å². The fourth-order valence-electron chi connectivity index (χ4n) is 1.77. The van der Waals surface area contributed by atoms with Gasteiger partial charge in [-0.2, -0.15) is 0 Å². The number of hydrogen-bond donors (Lipinski definition) is 1. The summed E-state index contributed by atoms with van der Waals surface area (Å²) in [6, 6.07) is 8.92. The average molecular weight is 342 g/mol. The van der Waals surface area contributed by atoms with Crippen molar-refractivity contribution in [2.75, 3.05) is 5.32 Å². The molecule has 0 aliphatic carbocycles. The summed E-state index contributed by atoms with van der Waals surface area (Å²) < 4.78 is 18.7. The number of halogens is 3. The molecular formula is C16H14Cl2FNO2. The van der Waals surface area contributed by atoms with Gasteiger partial charge >= 0.3 is 0 Å². The van der Waals surface area contributed by atoms with E-state index < -0.39 is 11.9 Å². The summed E-state index contributed by atoms with van der Waals surface area (Å²) in [7, 11) is 0. The van der Waals surface area contributed by atoms with Crippen molar-refractivity contribution < 1.29 is 13.9 Å². The number of amides is 1. The molecule has 0 saturated carbocycles. The van der Waals surface area contributed by atoms with Gasteiger partial charge in [0, 0.05) is 11.8 Å². The maximum absolute atomic E-state index is 13.2. The van der Waals surface area contributed by atoms with E-state index in [0.717, 1.165) is 5.56 Å². The normalized spacial score (nSPS) is 11.9. The Morgan fingerprint density at radius 1 is 1.18 bits per heavy atom. The number of anilines is 1. The lowest BCUT2D eigenvalue weighted by atomic mass is 10.2. The maximum Gasteiger partial charge on any atom is 0.265 e. The number of benzene rings is 2. The number of carbonyl (C=O) groups excluding carboxylic acids is 1. The second-order valence-corrected chi connectivity index (χ2v) is 5.60. The predicted octanol–water partition coefficient (Wildman–Crippen LogP) is 4.85. The first kappa shape index (κ1) is 16.6. The molecule has 0 aliphatic rings. The molecule has 1 N–H and O–H groups in total. The monoisotopic (exact) mass is 341 g/mol. The van der Waals surface area contributed by atoms with E-state index in [-0.39, 0.29) is 5.91 Å². The molecule has 0 spiro atoms. The molecule has 0 aromatic heterocycles. The molecule has 116 valence electrons. The molecule has 0 saturated heterocycles. The molecule has 0 aliphatic heterocycles. The fourth-order valence-corrected chi connectivity index (χ4v) is 2.06. The SMILES string of the molecule is Cc1ccc(F)cc1NC(=O)C(C)Oc1ccc(Cl)c(Cl)c1. The Morgan fingerprint density at radius 3 is 2.59 bits per heavy atom. The van der Waals surface area contributed by atoms with Crippen LogP contribution in [0.15, 0.2) is 36.4 Å². The van der Waals surface area contributed by atoms with Crippen LogP contribution >= 0.6 is 23.2 Å². The Morgan fingerprint density at radius 2 is 1.91 bits per heavy atom. The lowest BCUT2D eigenvalue weighted by Gasteiger charge is -2.16. The van der Waals surface area contributed by atoms with Gasteiger partial charge in [0.1, 0.15) is 11.6 Å². The molecule has 22 heavy (non-hydrogen) atoms. The first-order valence-electron chi connectivity index (χ1n) is 6.55. The number of ether oxygens (including phenoxy) is 1. The van der Waals surface area contributed by atoms with E-state index in [1.54, 1.807) is 32.0 Å². The van der Waals surface area contributed by atoms with Crippen LogP contribution in [-0.2, 0) is 4.79 Å². The van der Waals surface area contributed by atoms with Crippen LogP contribution in [0.3, 0.4) is 0 Å². The summed E-state index contributed by atoms with van der Waals surface area (Å²) in [5, 5.41) is 3.38. The molecule has 0 heterocycles. The van der Waals surface area contributed by atoms with Gasteiger partial charge in [-0.15, -0.1) is 0 Å². The van der Waals surface area contributed by atoms with Gasteiger partial charge in [-0.05, 0) is 43.7 Å². The minimum atomic E-state index is -0.778. The first-order valence-corrected chi connectivity index (χ1v) is 7.31. The number of nitrogens with one attached hydrogen (secondary N) is 1. The third kappa shape index (κ3) is 4.12. The van der Waals surface area contributed by atoms with Crippen molar-refractivity contribution in [3.05, 3.63) is 57.8 Å². The second-order valence-electron chi connectivity index (χ2n) is 4.78. The molecule has 1 unspecified atom stereocenters. The van der Waals surface area contributed by atoms with Gasteiger partial charge < -0.3 is 10.1 Å². The summed E-state index contributed by atoms with van der Waals surface area (Å²) in [6.07, 6.45) is -0.778.